The highest BCUT2D eigenvalue weighted by atomic mass is 79.9. The van der Waals surface area contributed by atoms with Crippen molar-refractivity contribution in [2.24, 2.45) is 5.92 Å². The zero-order valence-corrected chi connectivity index (χ0v) is 22.6. The molecule has 2 N–H and O–H groups in total. The number of aryl methyl sites for hydroxylation is 3. The lowest BCUT2D eigenvalue weighted by Crippen LogP contribution is -2.72. The standard InChI is InChI=1S/C28H28BrN3O2S/c1-5-18-7-10-20(11-8-18)32-27(35)31-25-21-15-19(29)9-13-23(21)34-28(32,4)24(25)26(33)30-22-12-6-16(2)14-17(22)3/h6-15,24-25H,5H2,1-4H3,(H,30,33)(H,31,35)/t24-,25-,28-/m0/s1. The predicted molar refractivity (Wildman–Crippen MR) is 148 cm³/mol. The molecule has 1 amide bonds. The zero-order chi connectivity index (χ0) is 24.9. The molecule has 3 aromatic carbocycles. The van der Waals surface area contributed by atoms with Crippen LogP contribution in [0.4, 0.5) is 11.4 Å². The molecule has 2 aliphatic rings. The van der Waals surface area contributed by atoms with E-state index in [-0.39, 0.29) is 11.9 Å². The average molecular weight is 551 g/mol. The summed E-state index contributed by atoms with van der Waals surface area (Å²) in [6.07, 6.45) is 0.946. The molecule has 0 saturated carbocycles. The summed E-state index contributed by atoms with van der Waals surface area (Å²) in [6.45, 7) is 8.13. The quantitative estimate of drug-likeness (QED) is 0.367. The molecule has 7 heteroatoms. The summed E-state index contributed by atoms with van der Waals surface area (Å²) in [6, 6.07) is 19.8. The highest BCUT2D eigenvalue weighted by Crippen LogP contribution is 2.50. The molecule has 35 heavy (non-hydrogen) atoms. The van der Waals surface area contributed by atoms with E-state index < -0.39 is 11.6 Å². The second kappa shape index (κ2) is 8.95. The lowest BCUT2D eigenvalue weighted by Gasteiger charge is -2.56. The number of hydrogen-bond donors (Lipinski definition) is 2. The molecule has 0 spiro atoms. The maximum atomic E-state index is 14.0. The molecule has 2 heterocycles. The Hall–Kier alpha value is -2.90. The smallest absolute Gasteiger partial charge is 0.236 e. The first kappa shape index (κ1) is 23.8. The van der Waals surface area contributed by atoms with Crippen LogP contribution in [0, 0.1) is 19.8 Å². The molecule has 0 unspecified atom stereocenters. The minimum absolute atomic E-state index is 0.125. The largest absolute Gasteiger partial charge is 0.467 e. The number of carbonyl (C=O) groups is 1. The number of hydrogen-bond acceptors (Lipinski definition) is 3. The number of fused-ring (bicyclic) bond motifs is 4. The summed E-state index contributed by atoms with van der Waals surface area (Å²) in [5.74, 6) is 0.0317. The summed E-state index contributed by atoms with van der Waals surface area (Å²) >= 11 is 9.42. The molecular formula is C28H28BrN3O2S. The lowest BCUT2D eigenvalue weighted by molar-refractivity contribution is -0.130. The first-order valence-electron chi connectivity index (χ1n) is 11.8. The second-order valence-electron chi connectivity index (χ2n) is 9.41. The highest BCUT2D eigenvalue weighted by molar-refractivity contribution is 9.10. The Bertz CT molecular complexity index is 1330. The van der Waals surface area contributed by atoms with Gasteiger partial charge < -0.3 is 15.4 Å². The van der Waals surface area contributed by atoms with Gasteiger partial charge in [0.1, 0.15) is 11.7 Å². The van der Waals surface area contributed by atoms with Crippen molar-refractivity contribution in [2.45, 2.75) is 45.9 Å². The number of nitrogens with one attached hydrogen (secondary N) is 2. The van der Waals surface area contributed by atoms with Crippen molar-refractivity contribution in [3.8, 4) is 5.75 Å². The molecule has 0 radical (unpaired) electrons. The van der Waals surface area contributed by atoms with E-state index in [4.69, 9.17) is 17.0 Å². The van der Waals surface area contributed by atoms with E-state index in [0.29, 0.717) is 5.11 Å². The number of halogens is 1. The van der Waals surface area contributed by atoms with Crippen molar-refractivity contribution in [1.29, 1.82) is 0 Å². The average Bonchev–Trinajstić information content (AvgIpc) is 2.81. The molecule has 1 fully saturated rings. The van der Waals surface area contributed by atoms with Gasteiger partial charge in [-0.2, -0.15) is 0 Å². The van der Waals surface area contributed by atoms with E-state index in [2.05, 4.69) is 51.7 Å². The van der Waals surface area contributed by atoms with Crippen LogP contribution in [0.3, 0.4) is 0 Å². The van der Waals surface area contributed by atoms with E-state index >= 15 is 0 Å². The van der Waals surface area contributed by atoms with Crippen molar-refractivity contribution < 1.29 is 9.53 Å². The first-order chi connectivity index (χ1) is 16.7. The number of benzene rings is 3. The van der Waals surface area contributed by atoms with Crippen LogP contribution in [-0.2, 0) is 11.2 Å². The fraction of sp³-hybridized carbons (Fsp3) is 0.286. The highest BCUT2D eigenvalue weighted by Gasteiger charge is 2.59. The Labute approximate surface area is 220 Å². The third-order valence-electron chi connectivity index (χ3n) is 6.98. The van der Waals surface area contributed by atoms with Crippen LogP contribution < -0.4 is 20.3 Å². The summed E-state index contributed by atoms with van der Waals surface area (Å²) < 4.78 is 7.60. The number of anilines is 2. The van der Waals surface area contributed by atoms with E-state index in [1.807, 2.05) is 68.1 Å². The Morgan fingerprint density at radius 1 is 1.14 bits per heavy atom. The SMILES string of the molecule is CCc1ccc(N2C(=S)N[C@H]3c4cc(Br)ccc4O[C@@]2(C)[C@@H]3C(=O)Nc2ccc(C)cc2C)cc1. The van der Waals surface area contributed by atoms with Gasteiger partial charge in [-0.05, 0) is 86.9 Å². The minimum atomic E-state index is -1.04. The number of amides is 1. The van der Waals surface area contributed by atoms with Crippen molar-refractivity contribution in [1.82, 2.24) is 5.32 Å². The number of carbonyl (C=O) groups excluding carboxylic acids is 1. The van der Waals surface area contributed by atoms with Crippen molar-refractivity contribution in [2.75, 3.05) is 10.2 Å². The van der Waals surface area contributed by atoms with Gasteiger partial charge in [-0.15, -0.1) is 0 Å². The molecular weight excluding hydrogens is 522 g/mol. The summed E-state index contributed by atoms with van der Waals surface area (Å²) in [5.41, 5.74) is 4.94. The molecule has 0 aromatic heterocycles. The molecule has 2 bridgehead atoms. The van der Waals surface area contributed by atoms with Crippen LogP contribution in [0.15, 0.2) is 65.1 Å². The number of nitrogens with zero attached hydrogens (tertiary/aromatic N) is 1. The van der Waals surface area contributed by atoms with Gasteiger partial charge in [0.05, 0.1) is 6.04 Å². The van der Waals surface area contributed by atoms with Crippen LogP contribution in [0.5, 0.6) is 5.75 Å². The van der Waals surface area contributed by atoms with Gasteiger partial charge in [-0.25, -0.2) is 0 Å². The van der Waals surface area contributed by atoms with Gasteiger partial charge in [0, 0.05) is 21.4 Å². The van der Waals surface area contributed by atoms with Crippen LogP contribution in [0.25, 0.3) is 0 Å². The topological polar surface area (TPSA) is 53.6 Å². The second-order valence-corrected chi connectivity index (χ2v) is 10.7. The molecule has 1 saturated heterocycles. The zero-order valence-electron chi connectivity index (χ0n) is 20.2. The normalized spacial score (nSPS) is 22.7. The van der Waals surface area contributed by atoms with Gasteiger partial charge in [-0.1, -0.05) is 52.7 Å². The lowest BCUT2D eigenvalue weighted by atomic mass is 9.78. The fourth-order valence-electron chi connectivity index (χ4n) is 5.19. The Kier molecular flexibility index (Phi) is 6.09. The minimum Gasteiger partial charge on any atom is -0.467 e. The van der Waals surface area contributed by atoms with Crippen LogP contribution in [0.1, 0.15) is 42.1 Å². The van der Waals surface area contributed by atoms with E-state index in [9.17, 15) is 4.79 Å². The monoisotopic (exact) mass is 549 g/mol. The number of ether oxygens (including phenoxy) is 1. The van der Waals surface area contributed by atoms with Gasteiger partial charge >= 0.3 is 0 Å². The fourth-order valence-corrected chi connectivity index (χ4v) is 5.98. The predicted octanol–water partition coefficient (Wildman–Crippen LogP) is 6.43. The van der Waals surface area contributed by atoms with E-state index in [1.165, 1.54) is 5.56 Å². The van der Waals surface area contributed by atoms with Crippen LogP contribution in [0.2, 0.25) is 0 Å². The number of rotatable bonds is 4. The number of thiocarbonyl (C=S) groups is 1. The maximum Gasteiger partial charge on any atom is 0.236 e. The van der Waals surface area contributed by atoms with Gasteiger partial charge in [-0.3, -0.25) is 9.69 Å². The Balaban J connectivity index is 1.61. The molecule has 5 nitrogen and oxygen atoms in total. The maximum absolute atomic E-state index is 14.0. The van der Waals surface area contributed by atoms with E-state index in [0.717, 1.165) is 44.7 Å². The third-order valence-corrected chi connectivity index (χ3v) is 7.78. The molecule has 2 aliphatic heterocycles. The van der Waals surface area contributed by atoms with Gasteiger partial charge in [0.15, 0.2) is 10.8 Å². The van der Waals surface area contributed by atoms with Gasteiger partial charge in [0.2, 0.25) is 5.91 Å². The summed E-state index contributed by atoms with van der Waals surface area (Å²) in [5, 5.41) is 7.17. The first-order valence-corrected chi connectivity index (χ1v) is 13.0. The van der Waals surface area contributed by atoms with E-state index in [1.54, 1.807) is 0 Å². The molecule has 3 atom stereocenters. The van der Waals surface area contributed by atoms with Crippen molar-refractivity contribution in [3.05, 3.63) is 87.4 Å². The molecule has 0 aliphatic carbocycles. The summed E-state index contributed by atoms with van der Waals surface area (Å²) in [4.78, 5) is 15.9. The van der Waals surface area contributed by atoms with Crippen LogP contribution in [-0.4, -0.2) is 16.7 Å². The van der Waals surface area contributed by atoms with Crippen molar-refractivity contribution >= 4 is 50.5 Å². The molecule has 5 rings (SSSR count). The molecule has 180 valence electrons. The van der Waals surface area contributed by atoms with Crippen LogP contribution >= 0.6 is 28.1 Å². The molecule has 3 aromatic rings. The van der Waals surface area contributed by atoms with Crippen molar-refractivity contribution in [3.63, 3.8) is 0 Å². The van der Waals surface area contributed by atoms with Gasteiger partial charge in [0.25, 0.3) is 0 Å². The third kappa shape index (κ3) is 4.10. The summed E-state index contributed by atoms with van der Waals surface area (Å²) in [7, 11) is 0. The Morgan fingerprint density at radius 3 is 2.57 bits per heavy atom. The Morgan fingerprint density at radius 2 is 1.89 bits per heavy atom.